The number of ether oxygens (including phenoxy) is 1. The maximum absolute atomic E-state index is 6.28. The maximum atomic E-state index is 6.28. The van der Waals surface area contributed by atoms with Gasteiger partial charge in [-0.3, -0.25) is 9.89 Å². The van der Waals surface area contributed by atoms with Crippen molar-refractivity contribution >= 4 is 29.9 Å². The largest absolute Gasteiger partial charge is 0.490 e. The second-order valence-corrected chi connectivity index (χ2v) is 9.16. The third-order valence-corrected chi connectivity index (χ3v) is 5.75. The van der Waals surface area contributed by atoms with Crippen molar-refractivity contribution in [1.29, 1.82) is 0 Å². The first-order valence-electron chi connectivity index (χ1n) is 11.4. The highest BCUT2D eigenvalue weighted by Crippen LogP contribution is 2.23. The van der Waals surface area contributed by atoms with Crippen LogP contribution in [0.3, 0.4) is 0 Å². The quantitative estimate of drug-likeness (QED) is 0.282. The van der Waals surface area contributed by atoms with Crippen molar-refractivity contribution in [2.24, 2.45) is 10.9 Å². The average molecular weight is 546 g/mol. The highest BCUT2D eigenvalue weighted by Gasteiger charge is 2.19. The fraction of sp³-hybridized carbons (Fsp3) is 0.708. The molecular formula is C24H44IN5O. The Bertz CT molecular complexity index is 674. The van der Waals surface area contributed by atoms with E-state index in [-0.39, 0.29) is 30.1 Å². The Balaban J connectivity index is 0.00000480. The molecule has 1 saturated heterocycles. The van der Waals surface area contributed by atoms with Crippen LogP contribution in [-0.2, 0) is 6.54 Å². The lowest BCUT2D eigenvalue weighted by Crippen LogP contribution is -2.52. The molecule has 7 heteroatoms. The second kappa shape index (κ2) is 14.2. The number of rotatable bonds is 9. The highest BCUT2D eigenvalue weighted by molar-refractivity contribution is 14.0. The van der Waals surface area contributed by atoms with Crippen molar-refractivity contribution in [3.63, 3.8) is 0 Å². The Kier molecular flexibility index (Phi) is 12.8. The van der Waals surface area contributed by atoms with Gasteiger partial charge in [0.2, 0.25) is 0 Å². The Morgan fingerprint density at radius 1 is 1.10 bits per heavy atom. The number of nitrogens with zero attached hydrogens (tertiary/aromatic N) is 3. The van der Waals surface area contributed by atoms with Gasteiger partial charge in [-0.25, -0.2) is 0 Å². The van der Waals surface area contributed by atoms with Crippen LogP contribution in [0, 0.1) is 12.8 Å². The molecule has 0 aliphatic carbocycles. The molecule has 1 aromatic rings. The number of hydrogen-bond donors (Lipinski definition) is 2. The lowest BCUT2D eigenvalue weighted by Gasteiger charge is -2.36. The van der Waals surface area contributed by atoms with Crippen LogP contribution in [0.2, 0.25) is 0 Å². The zero-order chi connectivity index (χ0) is 22.1. The van der Waals surface area contributed by atoms with E-state index in [9.17, 15) is 0 Å². The molecule has 1 aliphatic heterocycles. The van der Waals surface area contributed by atoms with Crippen LogP contribution in [0.15, 0.2) is 23.2 Å². The van der Waals surface area contributed by atoms with Crippen LogP contribution >= 0.6 is 24.0 Å². The van der Waals surface area contributed by atoms with Crippen LogP contribution in [0.5, 0.6) is 5.75 Å². The second-order valence-electron chi connectivity index (χ2n) is 9.16. The molecule has 0 amide bonds. The summed E-state index contributed by atoms with van der Waals surface area (Å²) >= 11 is 0. The summed E-state index contributed by atoms with van der Waals surface area (Å²) in [6.45, 7) is 17.1. The van der Waals surface area contributed by atoms with Gasteiger partial charge < -0.3 is 20.3 Å². The van der Waals surface area contributed by atoms with Gasteiger partial charge in [-0.1, -0.05) is 26.0 Å². The van der Waals surface area contributed by atoms with Gasteiger partial charge >= 0.3 is 0 Å². The van der Waals surface area contributed by atoms with Crippen molar-refractivity contribution in [3.05, 3.63) is 29.3 Å². The molecule has 2 atom stereocenters. The lowest BCUT2D eigenvalue weighted by molar-refractivity contribution is 0.120. The molecule has 0 bridgehead atoms. The van der Waals surface area contributed by atoms with Gasteiger partial charge in [-0.2, -0.15) is 0 Å². The van der Waals surface area contributed by atoms with Crippen LogP contribution in [0.25, 0.3) is 0 Å². The van der Waals surface area contributed by atoms with E-state index in [1.165, 1.54) is 5.56 Å². The predicted molar refractivity (Wildman–Crippen MR) is 143 cm³/mol. The fourth-order valence-electron chi connectivity index (χ4n) is 3.88. The Labute approximate surface area is 207 Å². The summed E-state index contributed by atoms with van der Waals surface area (Å²) in [7, 11) is 4.02. The summed E-state index contributed by atoms with van der Waals surface area (Å²) in [5.74, 6) is 2.42. The van der Waals surface area contributed by atoms with Crippen molar-refractivity contribution in [3.8, 4) is 5.75 Å². The number of aliphatic imine (C=N–C) groups is 1. The number of nitrogens with one attached hydrogen (secondary N) is 2. The van der Waals surface area contributed by atoms with Crippen LogP contribution < -0.4 is 15.4 Å². The summed E-state index contributed by atoms with van der Waals surface area (Å²) in [6.07, 6.45) is 1.25. The minimum Gasteiger partial charge on any atom is -0.490 e. The predicted octanol–water partition coefficient (Wildman–Crippen LogP) is 3.73. The summed E-state index contributed by atoms with van der Waals surface area (Å²) in [5.41, 5.74) is 2.38. The summed E-state index contributed by atoms with van der Waals surface area (Å²) in [6, 6.07) is 6.91. The molecule has 31 heavy (non-hydrogen) atoms. The van der Waals surface area contributed by atoms with Gasteiger partial charge in [-0.15, -0.1) is 24.0 Å². The average Bonchev–Trinajstić information content (AvgIpc) is 2.69. The molecule has 2 rings (SSSR count). The molecule has 0 radical (unpaired) electrons. The molecule has 2 N–H and O–H groups in total. The standard InChI is InChI=1S/C24H43N5O.HI/c1-18(2)14-21(5)30-23-15-19(3)8-9-22(23)17-27-24(25-6)26-16-20(4)29-12-10-28(7)11-13-29;/h8-9,15,18,20-21H,10-14,16-17H2,1-7H3,(H2,25,26,27);1H. The van der Waals surface area contributed by atoms with E-state index in [2.05, 4.69) is 85.3 Å². The first-order chi connectivity index (χ1) is 14.3. The molecule has 1 aliphatic rings. The van der Waals surface area contributed by atoms with Crippen molar-refractivity contribution < 1.29 is 4.74 Å². The van der Waals surface area contributed by atoms with Crippen LogP contribution in [-0.4, -0.2) is 74.7 Å². The maximum Gasteiger partial charge on any atom is 0.191 e. The highest BCUT2D eigenvalue weighted by atomic mass is 127. The number of likely N-dealkylation sites (N-methyl/N-ethyl adjacent to an activating group) is 1. The summed E-state index contributed by atoms with van der Waals surface area (Å²) in [4.78, 5) is 9.34. The third-order valence-electron chi connectivity index (χ3n) is 5.75. The molecular weight excluding hydrogens is 501 g/mol. The molecule has 1 fully saturated rings. The lowest BCUT2D eigenvalue weighted by atomic mass is 10.1. The molecule has 0 aromatic heterocycles. The molecule has 0 saturated carbocycles. The fourth-order valence-corrected chi connectivity index (χ4v) is 3.88. The van der Waals surface area contributed by atoms with E-state index in [0.29, 0.717) is 18.5 Å². The van der Waals surface area contributed by atoms with E-state index in [1.807, 2.05) is 7.05 Å². The summed E-state index contributed by atoms with van der Waals surface area (Å²) < 4.78 is 6.28. The smallest absolute Gasteiger partial charge is 0.191 e. The first kappa shape index (κ1) is 28.0. The van der Waals surface area contributed by atoms with Gasteiger partial charge in [0.1, 0.15) is 5.75 Å². The number of halogens is 1. The van der Waals surface area contributed by atoms with Crippen molar-refractivity contribution in [1.82, 2.24) is 20.4 Å². The number of piperazine rings is 1. The zero-order valence-electron chi connectivity index (χ0n) is 20.6. The molecule has 0 spiro atoms. The molecule has 178 valence electrons. The Morgan fingerprint density at radius 3 is 2.39 bits per heavy atom. The number of aryl methyl sites for hydroxylation is 1. The molecule has 6 nitrogen and oxygen atoms in total. The van der Waals surface area contributed by atoms with Crippen molar-refractivity contribution in [2.75, 3.05) is 46.8 Å². The van der Waals surface area contributed by atoms with Gasteiger partial charge in [0.15, 0.2) is 5.96 Å². The van der Waals surface area contributed by atoms with E-state index < -0.39 is 0 Å². The van der Waals surface area contributed by atoms with Crippen LogP contribution in [0.4, 0.5) is 0 Å². The number of hydrogen-bond acceptors (Lipinski definition) is 4. The van der Waals surface area contributed by atoms with Gasteiger partial charge in [0.05, 0.1) is 6.10 Å². The Morgan fingerprint density at radius 2 is 1.77 bits per heavy atom. The molecule has 2 unspecified atom stereocenters. The van der Waals surface area contributed by atoms with E-state index in [0.717, 1.165) is 56.4 Å². The zero-order valence-corrected chi connectivity index (χ0v) is 22.9. The Hall–Kier alpha value is -1.06. The number of guanidine groups is 1. The topological polar surface area (TPSA) is 52.1 Å². The van der Waals surface area contributed by atoms with Crippen LogP contribution in [0.1, 0.15) is 45.2 Å². The van der Waals surface area contributed by atoms with E-state index >= 15 is 0 Å². The summed E-state index contributed by atoms with van der Waals surface area (Å²) in [5, 5.41) is 6.95. The van der Waals surface area contributed by atoms with Gasteiger partial charge in [0.25, 0.3) is 0 Å². The van der Waals surface area contributed by atoms with Gasteiger partial charge in [-0.05, 0) is 51.8 Å². The minimum absolute atomic E-state index is 0. The third kappa shape index (κ3) is 9.95. The first-order valence-corrected chi connectivity index (χ1v) is 11.4. The van der Waals surface area contributed by atoms with E-state index in [4.69, 9.17) is 4.74 Å². The SMILES string of the molecule is CN=C(NCc1ccc(C)cc1OC(C)CC(C)C)NCC(C)N1CCN(C)CC1.I. The molecule has 1 aromatic carbocycles. The molecule has 1 heterocycles. The minimum atomic E-state index is 0. The monoisotopic (exact) mass is 545 g/mol. The van der Waals surface area contributed by atoms with Crippen molar-refractivity contribution in [2.45, 2.75) is 59.7 Å². The number of benzene rings is 1. The normalized spacial score (nSPS) is 17.7. The van der Waals surface area contributed by atoms with Gasteiger partial charge in [0, 0.05) is 57.9 Å². The van der Waals surface area contributed by atoms with E-state index in [1.54, 1.807) is 0 Å².